The number of hydrogen-bond donors (Lipinski definition) is 1. The third-order valence-electron chi connectivity index (χ3n) is 2.92. The van der Waals surface area contributed by atoms with Gasteiger partial charge in [-0.2, -0.15) is 4.98 Å². The Balaban J connectivity index is 1.77. The van der Waals surface area contributed by atoms with Crippen LogP contribution in [0.1, 0.15) is 38.4 Å². The van der Waals surface area contributed by atoms with Crippen molar-refractivity contribution in [2.24, 2.45) is 0 Å². The second kappa shape index (κ2) is 5.41. The Hall–Kier alpha value is -0.940. The molecule has 2 atom stereocenters. The molecule has 1 aromatic rings. The molecule has 0 radical (unpaired) electrons. The minimum Gasteiger partial charge on any atom is -0.377 e. The normalized spacial score (nSPS) is 22.5. The van der Waals surface area contributed by atoms with Gasteiger partial charge in [0.2, 0.25) is 5.89 Å². The van der Waals surface area contributed by atoms with Crippen LogP contribution in [0.15, 0.2) is 4.52 Å². The number of nitrogens with zero attached hydrogens (tertiary/aromatic N) is 2. The van der Waals surface area contributed by atoms with Crippen LogP contribution in [-0.4, -0.2) is 28.9 Å². The molecule has 90 valence electrons. The van der Waals surface area contributed by atoms with Gasteiger partial charge in [0, 0.05) is 19.1 Å². The molecular weight excluding hydrogens is 206 g/mol. The summed E-state index contributed by atoms with van der Waals surface area (Å²) in [5.74, 6) is 1.42. The molecule has 1 aliphatic heterocycles. The van der Waals surface area contributed by atoms with Crippen molar-refractivity contribution in [3.63, 3.8) is 0 Å². The highest BCUT2D eigenvalue weighted by atomic mass is 16.5. The number of hydrogen-bond acceptors (Lipinski definition) is 5. The quantitative estimate of drug-likeness (QED) is 0.818. The summed E-state index contributed by atoms with van der Waals surface area (Å²) in [4.78, 5) is 4.25. The molecule has 1 fully saturated rings. The third-order valence-corrected chi connectivity index (χ3v) is 2.92. The van der Waals surface area contributed by atoms with Crippen molar-refractivity contribution in [2.75, 3.05) is 6.61 Å². The Labute approximate surface area is 95.6 Å². The lowest BCUT2D eigenvalue weighted by molar-refractivity contribution is 0.0829. The summed E-state index contributed by atoms with van der Waals surface area (Å²) in [6.07, 6.45) is 3.42. The SMILES string of the molecule is CCc1nc(CN[C@@H](C)[C@H]2CCCO2)no1. The van der Waals surface area contributed by atoms with Gasteiger partial charge in [-0.25, -0.2) is 0 Å². The number of aryl methyl sites for hydroxylation is 1. The largest absolute Gasteiger partial charge is 0.377 e. The summed E-state index contributed by atoms with van der Waals surface area (Å²) in [6.45, 7) is 5.67. The molecule has 1 saturated heterocycles. The van der Waals surface area contributed by atoms with Crippen LogP contribution in [0.3, 0.4) is 0 Å². The summed E-state index contributed by atoms with van der Waals surface area (Å²) in [7, 11) is 0. The molecule has 2 rings (SSSR count). The number of nitrogens with one attached hydrogen (secondary N) is 1. The average Bonchev–Trinajstić information content (AvgIpc) is 2.96. The van der Waals surface area contributed by atoms with Crippen molar-refractivity contribution in [2.45, 2.75) is 51.8 Å². The first-order valence-corrected chi connectivity index (χ1v) is 5.96. The zero-order valence-corrected chi connectivity index (χ0v) is 9.90. The molecule has 16 heavy (non-hydrogen) atoms. The zero-order valence-electron chi connectivity index (χ0n) is 9.90. The zero-order chi connectivity index (χ0) is 11.4. The second-order valence-electron chi connectivity index (χ2n) is 4.18. The van der Waals surface area contributed by atoms with Gasteiger partial charge >= 0.3 is 0 Å². The molecule has 0 aromatic carbocycles. The fourth-order valence-electron chi connectivity index (χ4n) is 1.89. The summed E-state index contributed by atoms with van der Waals surface area (Å²) < 4.78 is 10.6. The summed E-state index contributed by atoms with van der Waals surface area (Å²) in [5.41, 5.74) is 0. The van der Waals surface area contributed by atoms with Gasteiger partial charge in [-0.05, 0) is 19.8 Å². The molecule has 5 heteroatoms. The van der Waals surface area contributed by atoms with E-state index in [1.807, 2.05) is 6.92 Å². The highest BCUT2D eigenvalue weighted by Crippen LogP contribution is 2.15. The van der Waals surface area contributed by atoms with Gasteiger partial charge in [-0.15, -0.1) is 0 Å². The van der Waals surface area contributed by atoms with Crippen molar-refractivity contribution in [1.82, 2.24) is 15.5 Å². The van der Waals surface area contributed by atoms with E-state index in [0.717, 1.165) is 25.3 Å². The van der Waals surface area contributed by atoms with Crippen LogP contribution in [0, 0.1) is 0 Å². The maximum absolute atomic E-state index is 5.60. The first kappa shape index (κ1) is 11.5. The van der Waals surface area contributed by atoms with Crippen LogP contribution in [0.5, 0.6) is 0 Å². The van der Waals surface area contributed by atoms with Gasteiger partial charge < -0.3 is 14.6 Å². The molecule has 0 saturated carbocycles. The van der Waals surface area contributed by atoms with Crippen LogP contribution >= 0.6 is 0 Å². The van der Waals surface area contributed by atoms with Crippen LogP contribution in [0.25, 0.3) is 0 Å². The second-order valence-corrected chi connectivity index (χ2v) is 4.18. The molecule has 1 N–H and O–H groups in total. The van der Waals surface area contributed by atoms with Crippen LogP contribution in [0.2, 0.25) is 0 Å². The minimum absolute atomic E-state index is 0.331. The van der Waals surface area contributed by atoms with E-state index in [9.17, 15) is 0 Å². The predicted molar refractivity (Wildman–Crippen MR) is 59.0 cm³/mol. The number of ether oxygens (including phenoxy) is 1. The lowest BCUT2D eigenvalue weighted by atomic mass is 10.1. The van der Waals surface area contributed by atoms with Crippen LogP contribution < -0.4 is 5.32 Å². The van der Waals surface area contributed by atoms with E-state index in [1.165, 1.54) is 6.42 Å². The monoisotopic (exact) mass is 225 g/mol. The average molecular weight is 225 g/mol. The molecule has 2 heterocycles. The lowest BCUT2D eigenvalue weighted by Crippen LogP contribution is -2.36. The van der Waals surface area contributed by atoms with Crippen molar-refractivity contribution in [3.05, 3.63) is 11.7 Å². The molecule has 0 spiro atoms. The van der Waals surface area contributed by atoms with Crippen molar-refractivity contribution >= 4 is 0 Å². The molecule has 1 aliphatic rings. The van der Waals surface area contributed by atoms with E-state index >= 15 is 0 Å². The Morgan fingerprint density at radius 2 is 2.44 bits per heavy atom. The maximum Gasteiger partial charge on any atom is 0.226 e. The maximum atomic E-state index is 5.60. The van der Waals surface area contributed by atoms with Gasteiger partial charge in [0.05, 0.1) is 12.6 Å². The molecule has 0 bridgehead atoms. The smallest absolute Gasteiger partial charge is 0.226 e. The van der Waals surface area contributed by atoms with E-state index in [4.69, 9.17) is 9.26 Å². The summed E-state index contributed by atoms with van der Waals surface area (Å²) in [6, 6.07) is 0.339. The summed E-state index contributed by atoms with van der Waals surface area (Å²) in [5, 5.41) is 7.26. The predicted octanol–water partition coefficient (Wildman–Crippen LogP) is 1.29. The van der Waals surface area contributed by atoms with Crippen LogP contribution in [0.4, 0.5) is 0 Å². The van der Waals surface area contributed by atoms with Crippen molar-refractivity contribution in [1.29, 1.82) is 0 Å². The Morgan fingerprint density at radius 3 is 3.06 bits per heavy atom. The van der Waals surface area contributed by atoms with Crippen molar-refractivity contribution < 1.29 is 9.26 Å². The fourth-order valence-corrected chi connectivity index (χ4v) is 1.89. The first-order valence-electron chi connectivity index (χ1n) is 5.96. The van der Waals surface area contributed by atoms with Crippen molar-refractivity contribution in [3.8, 4) is 0 Å². The van der Waals surface area contributed by atoms with Gasteiger partial charge in [-0.1, -0.05) is 12.1 Å². The Morgan fingerprint density at radius 1 is 1.56 bits per heavy atom. The van der Waals surface area contributed by atoms with Gasteiger partial charge in [0.15, 0.2) is 5.82 Å². The molecule has 0 aliphatic carbocycles. The highest BCUT2D eigenvalue weighted by Gasteiger charge is 2.22. The molecule has 1 aromatic heterocycles. The fraction of sp³-hybridized carbons (Fsp3) is 0.818. The third kappa shape index (κ3) is 2.80. The van der Waals surface area contributed by atoms with Gasteiger partial charge in [0.25, 0.3) is 0 Å². The van der Waals surface area contributed by atoms with Gasteiger partial charge in [0.1, 0.15) is 0 Å². The van der Waals surface area contributed by atoms with E-state index in [0.29, 0.717) is 24.6 Å². The number of aromatic nitrogens is 2. The lowest BCUT2D eigenvalue weighted by Gasteiger charge is -2.18. The van der Waals surface area contributed by atoms with E-state index in [1.54, 1.807) is 0 Å². The van der Waals surface area contributed by atoms with Crippen LogP contribution in [-0.2, 0) is 17.7 Å². The van der Waals surface area contributed by atoms with Gasteiger partial charge in [-0.3, -0.25) is 0 Å². The minimum atomic E-state index is 0.331. The number of rotatable bonds is 5. The first-order chi connectivity index (χ1) is 7.79. The molecule has 0 unspecified atom stereocenters. The molecular formula is C11H19N3O2. The Kier molecular flexibility index (Phi) is 3.90. The molecule has 5 nitrogen and oxygen atoms in total. The highest BCUT2D eigenvalue weighted by molar-refractivity contribution is 4.87. The molecule has 0 amide bonds. The topological polar surface area (TPSA) is 60.2 Å². The Bertz CT molecular complexity index is 321. The van der Waals surface area contributed by atoms with E-state index in [-0.39, 0.29) is 0 Å². The van der Waals surface area contributed by atoms with E-state index < -0.39 is 0 Å². The summed E-state index contributed by atoms with van der Waals surface area (Å²) >= 11 is 0. The van der Waals surface area contributed by atoms with E-state index in [2.05, 4.69) is 22.4 Å². The standard InChI is InChI=1S/C11H19N3O2/c1-3-11-13-10(14-16-11)7-12-8(2)9-5-4-6-15-9/h8-9,12H,3-7H2,1-2H3/t8-,9+/m0/s1.